The quantitative estimate of drug-likeness (QED) is 0.878. The Labute approximate surface area is 96.6 Å². The Balaban J connectivity index is 2.23. The molecule has 1 aromatic rings. The number of amides is 1. The van der Waals surface area contributed by atoms with Gasteiger partial charge in [-0.1, -0.05) is 0 Å². The van der Waals surface area contributed by atoms with Crippen molar-refractivity contribution < 1.29 is 4.79 Å². The van der Waals surface area contributed by atoms with Gasteiger partial charge in [0.05, 0.1) is 0 Å². The second-order valence-corrected chi connectivity index (χ2v) is 4.55. The fourth-order valence-corrected chi connectivity index (χ4v) is 1.86. The second-order valence-electron chi connectivity index (χ2n) is 3.69. The standard InChI is InChI=1S/C10H12BrN3O/c1-6-4-9(13-5-7(6)11)14-3-2-8(14)10(12)15/h4-5,8H,2-3H2,1H3,(H2,12,15). The molecule has 1 amide bonds. The minimum Gasteiger partial charge on any atom is -0.368 e. The van der Waals surface area contributed by atoms with Crippen LogP contribution >= 0.6 is 15.9 Å². The maximum Gasteiger partial charge on any atom is 0.240 e. The van der Waals surface area contributed by atoms with E-state index in [-0.39, 0.29) is 11.9 Å². The third-order valence-electron chi connectivity index (χ3n) is 2.67. The van der Waals surface area contributed by atoms with Gasteiger partial charge in [0.2, 0.25) is 5.91 Å². The fourth-order valence-electron chi connectivity index (χ4n) is 1.64. The van der Waals surface area contributed by atoms with Gasteiger partial charge in [-0.2, -0.15) is 0 Å². The summed E-state index contributed by atoms with van der Waals surface area (Å²) in [7, 11) is 0. The first-order valence-electron chi connectivity index (χ1n) is 4.77. The van der Waals surface area contributed by atoms with Gasteiger partial charge in [0.15, 0.2) is 0 Å². The van der Waals surface area contributed by atoms with Crippen LogP contribution in [0.3, 0.4) is 0 Å². The Hall–Kier alpha value is -1.10. The van der Waals surface area contributed by atoms with E-state index in [2.05, 4.69) is 20.9 Å². The zero-order valence-electron chi connectivity index (χ0n) is 8.40. The number of nitrogens with two attached hydrogens (primary N) is 1. The van der Waals surface area contributed by atoms with Crippen molar-refractivity contribution in [3.63, 3.8) is 0 Å². The van der Waals surface area contributed by atoms with Crippen molar-refractivity contribution >= 4 is 27.7 Å². The molecule has 1 fully saturated rings. The highest BCUT2D eigenvalue weighted by Crippen LogP contribution is 2.27. The average Bonchev–Trinajstić information content (AvgIpc) is 2.08. The average molecular weight is 270 g/mol. The number of carbonyl (C=O) groups is 1. The summed E-state index contributed by atoms with van der Waals surface area (Å²) in [5, 5.41) is 0. The summed E-state index contributed by atoms with van der Waals surface area (Å²) in [6, 6.07) is 1.78. The molecule has 1 unspecified atom stereocenters. The van der Waals surface area contributed by atoms with E-state index in [4.69, 9.17) is 5.73 Å². The van der Waals surface area contributed by atoms with Gasteiger partial charge in [0, 0.05) is 17.2 Å². The molecule has 1 aliphatic heterocycles. The van der Waals surface area contributed by atoms with Gasteiger partial charge in [0.25, 0.3) is 0 Å². The molecule has 2 rings (SSSR count). The topological polar surface area (TPSA) is 59.2 Å². The van der Waals surface area contributed by atoms with E-state index in [0.717, 1.165) is 28.8 Å². The third kappa shape index (κ3) is 1.84. The highest BCUT2D eigenvalue weighted by molar-refractivity contribution is 9.10. The number of hydrogen-bond acceptors (Lipinski definition) is 3. The molecule has 1 saturated heterocycles. The molecule has 0 bridgehead atoms. The Morgan fingerprint density at radius 3 is 2.93 bits per heavy atom. The highest BCUT2D eigenvalue weighted by Gasteiger charge is 2.33. The van der Waals surface area contributed by atoms with E-state index in [9.17, 15) is 4.79 Å². The molecule has 80 valence electrons. The Morgan fingerprint density at radius 1 is 1.73 bits per heavy atom. The van der Waals surface area contributed by atoms with Crippen molar-refractivity contribution in [2.45, 2.75) is 19.4 Å². The molecule has 4 nitrogen and oxygen atoms in total. The van der Waals surface area contributed by atoms with Crippen molar-refractivity contribution in [3.05, 3.63) is 22.3 Å². The lowest BCUT2D eigenvalue weighted by molar-refractivity contribution is -0.120. The molecule has 5 heteroatoms. The predicted octanol–water partition coefficient (Wildman–Crippen LogP) is 1.22. The molecule has 2 heterocycles. The second kappa shape index (κ2) is 3.81. The first-order valence-corrected chi connectivity index (χ1v) is 5.57. The molecule has 0 aliphatic carbocycles. The smallest absolute Gasteiger partial charge is 0.240 e. The Kier molecular flexibility index (Phi) is 2.65. The van der Waals surface area contributed by atoms with Crippen LogP contribution in [-0.4, -0.2) is 23.5 Å². The summed E-state index contributed by atoms with van der Waals surface area (Å²) >= 11 is 3.39. The number of aryl methyl sites for hydroxylation is 1. The molecule has 0 saturated carbocycles. The van der Waals surface area contributed by atoms with Gasteiger partial charge in [-0.3, -0.25) is 4.79 Å². The fraction of sp³-hybridized carbons (Fsp3) is 0.400. The van der Waals surface area contributed by atoms with E-state index < -0.39 is 0 Å². The van der Waals surface area contributed by atoms with Crippen molar-refractivity contribution in [2.24, 2.45) is 5.73 Å². The van der Waals surface area contributed by atoms with Crippen LogP contribution in [-0.2, 0) is 4.79 Å². The largest absolute Gasteiger partial charge is 0.368 e. The van der Waals surface area contributed by atoms with E-state index in [0.29, 0.717) is 0 Å². The number of aromatic nitrogens is 1. The van der Waals surface area contributed by atoms with Crippen LogP contribution < -0.4 is 10.6 Å². The lowest BCUT2D eigenvalue weighted by Gasteiger charge is -2.39. The Morgan fingerprint density at radius 2 is 2.47 bits per heavy atom. The van der Waals surface area contributed by atoms with Crippen molar-refractivity contribution in [1.82, 2.24) is 4.98 Å². The minimum absolute atomic E-state index is 0.182. The lowest BCUT2D eigenvalue weighted by Crippen LogP contribution is -2.55. The van der Waals surface area contributed by atoms with Gasteiger partial charge < -0.3 is 10.6 Å². The minimum atomic E-state index is -0.274. The van der Waals surface area contributed by atoms with Crippen LogP contribution in [0.1, 0.15) is 12.0 Å². The maximum absolute atomic E-state index is 11.1. The number of carbonyl (C=O) groups excluding carboxylic acids is 1. The molecule has 1 atom stereocenters. The first-order chi connectivity index (χ1) is 7.09. The maximum atomic E-state index is 11.1. The van der Waals surface area contributed by atoms with Crippen molar-refractivity contribution in [2.75, 3.05) is 11.4 Å². The first kappa shape index (κ1) is 10.4. The summed E-state index contributed by atoms with van der Waals surface area (Å²) in [6.07, 6.45) is 2.58. The molecule has 0 radical (unpaired) electrons. The van der Waals surface area contributed by atoms with Crippen molar-refractivity contribution in [1.29, 1.82) is 0 Å². The summed E-state index contributed by atoms with van der Waals surface area (Å²) in [4.78, 5) is 17.3. The van der Waals surface area contributed by atoms with Crippen LogP contribution in [0.4, 0.5) is 5.82 Å². The number of anilines is 1. The number of rotatable bonds is 2. The molecule has 0 aromatic carbocycles. The normalized spacial score (nSPS) is 19.9. The number of nitrogens with zero attached hydrogens (tertiary/aromatic N) is 2. The van der Waals surface area contributed by atoms with Gasteiger partial charge in [-0.15, -0.1) is 0 Å². The van der Waals surface area contributed by atoms with Gasteiger partial charge >= 0.3 is 0 Å². The van der Waals surface area contributed by atoms with E-state index in [1.54, 1.807) is 6.20 Å². The number of pyridine rings is 1. The zero-order valence-corrected chi connectivity index (χ0v) is 9.99. The molecule has 1 aliphatic rings. The summed E-state index contributed by atoms with van der Waals surface area (Å²) < 4.78 is 0.974. The molecule has 0 spiro atoms. The highest BCUT2D eigenvalue weighted by atomic mass is 79.9. The zero-order chi connectivity index (χ0) is 11.0. The Bertz CT molecular complexity index is 408. The summed E-state index contributed by atoms with van der Waals surface area (Å²) in [5.74, 6) is 0.550. The monoisotopic (exact) mass is 269 g/mol. The molecule has 1 aromatic heterocycles. The van der Waals surface area contributed by atoms with Crippen LogP contribution in [0.15, 0.2) is 16.7 Å². The number of halogens is 1. The lowest BCUT2D eigenvalue weighted by atomic mass is 10.0. The molecule has 15 heavy (non-hydrogen) atoms. The molecular formula is C10H12BrN3O. The third-order valence-corrected chi connectivity index (χ3v) is 3.51. The predicted molar refractivity (Wildman–Crippen MR) is 61.6 cm³/mol. The van der Waals surface area contributed by atoms with Crippen molar-refractivity contribution in [3.8, 4) is 0 Å². The van der Waals surface area contributed by atoms with Gasteiger partial charge in [-0.25, -0.2) is 4.98 Å². The van der Waals surface area contributed by atoms with Crippen LogP contribution in [0.5, 0.6) is 0 Å². The van der Waals surface area contributed by atoms with E-state index in [1.807, 2.05) is 17.9 Å². The summed E-state index contributed by atoms with van der Waals surface area (Å²) in [5.41, 5.74) is 6.38. The van der Waals surface area contributed by atoms with E-state index in [1.165, 1.54) is 0 Å². The molecule has 2 N–H and O–H groups in total. The summed E-state index contributed by atoms with van der Waals surface area (Å²) in [6.45, 7) is 2.84. The van der Waals surface area contributed by atoms with E-state index >= 15 is 0 Å². The van der Waals surface area contributed by atoms with Gasteiger partial charge in [0.1, 0.15) is 11.9 Å². The number of primary amides is 1. The van der Waals surface area contributed by atoms with Crippen LogP contribution in [0.25, 0.3) is 0 Å². The SMILES string of the molecule is Cc1cc(N2CCC2C(N)=O)ncc1Br. The van der Waals surface area contributed by atoms with Crippen LogP contribution in [0, 0.1) is 6.92 Å². The van der Waals surface area contributed by atoms with Crippen LogP contribution in [0.2, 0.25) is 0 Å². The number of hydrogen-bond donors (Lipinski definition) is 1. The van der Waals surface area contributed by atoms with Gasteiger partial charge in [-0.05, 0) is 40.9 Å². The molecular weight excluding hydrogens is 258 g/mol.